The van der Waals surface area contributed by atoms with Crippen LogP contribution >= 0.6 is 0 Å². The van der Waals surface area contributed by atoms with Gasteiger partial charge in [0, 0.05) is 6.20 Å². The minimum atomic E-state index is -5.73. The predicted octanol–water partition coefficient (Wildman–Crippen LogP) is 3.94. The van der Waals surface area contributed by atoms with Gasteiger partial charge < -0.3 is 5.32 Å². The van der Waals surface area contributed by atoms with Crippen LogP contribution in [0.2, 0.25) is 0 Å². The number of benzene rings is 1. The van der Waals surface area contributed by atoms with Crippen molar-refractivity contribution in [3.8, 4) is 0 Å². The van der Waals surface area contributed by atoms with Gasteiger partial charge >= 0.3 is 11.9 Å². The number of hydrogen-bond donors (Lipinski definition) is 1. The molecule has 0 unspecified atom stereocenters. The molecule has 1 aromatic carbocycles. The summed E-state index contributed by atoms with van der Waals surface area (Å²) in [6.45, 7) is 2.59. The fourth-order valence-electron chi connectivity index (χ4n) is 2.96. The highest BCUT2D eigenvalue weighted by molar-refractivity contribution is 6.03. The van der Waals surface area contributed by atoms with Crippen molar-refractivity contribution in [1.82, 2.24) is 19.6 Å². The topological polar surface area (TPSA) is 108 Å². The van der Waals surface area contributed by atoms with E-state index in [-0.39, 0.29) is 23.7 Å². The van der Waals surface area contributed by atoms with E-state index < -0.39 is 57.2 Å². The molecule has 9 nitrogen and oxygen atoms in total. The number of aromatic nitrogens is 4. The first-order valence-corrected chi connectivity index (χ1v) is 8.70. The maximum atomic E-state index is 14.0. The summed E-state index contributed by atoms with van der Waals surface area (Å²) in [5, 5.41) is 20.2. The van der Waals surface area contributed by atoms with Crippen LogP contribution in [0.15, 0.2) is 12.3 Å². The molecule has 3 aromatic rings. The molecule has 0 aliphatic heterocycles. The normalized spacial score (nSPS) is 11.7. The summed E-state index contributed by atoms with van der Waals surface area (Å²) < 4.78 is 95.5. The van der Waals surface area contributed by atoms with Crippen LogP contribution in [-0.2, 0) is 12.8 Å². The number of nitrogens with one attached hydrogen (secondary N) is 1. The van der Waals surface area contributed by atoms with Gasteiger partial charge in [0.05, 0.1) is 4.92 Å². The van der Waals surface area contributed by atoms with E-state index in [1.165, 1.54) is 30.0 Å². The molecule has 176 valence electrons. The van der Waals surface area contributed by atoms with Crippen LogP contribution in [0.25, 0.3) is 0 Å². The van der Waals surface area contributed by atoms with Gasteiger partial charge in [0.2, 0.25) is 0 Å². The number of carbonyl (C=O) groups excluding carboxylic acids is 1. The first-order valence-electron chi connectivity index (χ1n) is 8.70. The minimum Gasteiger partial charge on any atom is -0.315 e. The Hall–Kier alpha value is -3.98. The molecule has 2 aromatic heterocycles. The summed E-state index contributed by atoms with van der Waals surface area (Å²) in [7, 11) is 0. The molecule has 0 atom stereocenters. The lowest BCUT2D eigenvalue weighted by Crippen LogP contribution is -2.21. The second-order valence-corrected chi connectivity index (χ2v) is 6.62. The fraction of sp³-hybridized carbons (Fsp3) is 0.235. The summed E-state index contributed by atoms with van der Waals surface area (Å²) in [5.74, 6) is -11.8. The molecule has 0 saturated heterocycles. The minimum absolute atomic E-state index is 0.111. The number of nitro groups is 1. The maximum Gasteiger partial charge on any atom is 0.422 e. The molecular formula is C17H11F7N6O3. The van der Waals surface area contributed by atoms with Crippen LogP contribution in [0.5, 0.6) is 0 Å². The lowest BCUT2D eigenvalue weighted by Gasteiger charge is -2.14. The van der Waals surface area contributed by atoms with Crippen molar-refractivity contribution in [3.05, 3.63) is 68.3 Å². The molecule has 0 aliphatic rings. The van der Waals surface area contributed by atoms with Gasteiger partial charge in [-0.05, 0) is 19.9 Å². The summed E-state index contributed by atoms with van der Waals surface area (Å²) in [5.41, 5.74) is -5.05. The second kappa shape index (κ2) is 8.18. The molecule has 16 heteroatoms. The van der Waals surface area contributed by atoms with Crippen molar-refractivity contribution in [2.75, 3.05) is 5.32 Å². The Labute approximate surface area is 178 Å². The second-order valence-electron chi connectivity index (χ2n) is 6.62. The van der Waals surface area contributed by atoms with Gasteiger partial charge in [0.1, 0.15) is 29.3 Å². The van der Waals surface area contributed by atoms with Crippen LogP contribution in [-0.4, -0.2) is 30.4 Å². The van der Waals surface area contributed by atoms with Gasteiger partial charge in [-0.3, -0.25) is 19.6 Å². The Balaban J connectivity index is 1.87. The third kappa shape index (κ3) is 4.22. The Morgan fingerprint density at radius 1 is 1.09 bits per heavy atom. The zero-order valence-corrected chi connectivity index (χ0v) is 16.5. The molecule has 33 heavy (non-hydrogen) atoms. The first kappa shape index (κ1) is 23.7. The van der Waals surface area contributed by atoms with Gasteiger partial charge in [0.15, 0.2) is 29.0 Å². The van der Waals surface area contributed by atoms with Crippen molar-refractivity contribution >= 4 is 17.3 Å². The fourth-order valence-corrected chi connectivity index (χ4v) is 2.96. The van der Waals surface area contributed by atoms with Crippen molar-refractivity contribution in [2.45, 2.75) is 26.7 Å². The van der Waals surface area contributed by atoms with Crippen LogP contribution in [0.1, 0.15) is 27.4 Å². The average molecular weight is 480 g/mol. The highest BCUT2D eigenvalue weighted by Crippen LogP contribution is 2.38. The number of alkyl halides is 3. The maximum absolute atomic E-state index is 14.0. The summed E-state index contributed by atoms with van der Waals surface area (Å²) >= 11 is 0. The number of amides is 1. The van der Waals surface area contributed by atoms with Crippen LogP contribution in [0, 0.1) is 47.2 Å². The van der Waals surface area contributed by atoms with Crippen molar-refractivity contribution in [2.24, 2.45) is 0 Å². The van der Waals surface area contributed by atoms with Crippen molar-refractivity contribution in [1.29, 1.82) is 0 Å². The summed E-state index contributed by atoms with van der Waals surface area (Å²) in [6, 6.07) is 1.02. The smallest absolute Gasteiger partial charge is 0.315 e. The molecule has 0 bridgehead atoms. The highest BCUT2D eigenvalue weighted by atomic mass is 19.4. The molecule has 0 fully saturated rings. The molecule has 0 spiro atoms. The van der Waals surface area contributed by atoms with Crippen molar-refractivity contribution in [3.63, 3.8) is 0 Å². The third-order valence-electron chi connectivity index (χ3n) is 4.46. The molecule has 0 aliphatic carbocycles. The number of nitrogens with zero attached hydrogens (tertiary/aromatic N) is 5. The van der Waals surface area contributed by atoms with Crippen LogP contribution in [0.4, 0.5) is 42.1 Å². The number of rotatable bonds is 5. The number of hydrogen-bond acceptors (Lipinski definition) is 5. The van der Waals surface area contributed by atoms with Gasteiger partial charge in [0.25, 0.3) is 5.91 Å². The third-order valence-corrected chi connectivity index (χ3v) is 4.46. The Kier molecular flexibility index (Phi) is 5.87. The largest absolute Gasteiger partial charge is 0.422 e. The van der Waals surface area contributed by atoms with Crippen LogP contribution in [0.3, 0.4) is 0 Å². The quantitative estimate of drug-likeness (QED) is 0.258. The summed E-state index contributed by atoms with van der Waals surface area (Å²) in [6.07, 6.45) is -4.55. The Bertz CT molecular complexity index is 1250. The van der Waals surface area contributed by atoms with E-state index in [1.54, 1.807) is 0 Å². The van der Waals surface area contributed by atoms with Gasteiger partial charge in [-0.25, -0.2) is 22.2 Å². The van der Waals surface area contributed by atoms with Crippen molar-refractivity contribution < 1.29 is 40.5 Å². The van der Waals surface area contributed by atoms with E-state index in [0.29, 0.717) is 0 Å². The molecule has 3 rings (SSSR count). The first-order chi connectivity index (χ1) is 15.2. The standard InChI is InChI=1S/C17H11F7N6O3/c1-6-15(30(32)33)7(2)29(26-6)5-28-4-3-8(27-28)16(31)25-14-12(20)10(18)9(17(22,23)24)11(19)13(14)21/h3-4H,5H2,1-2H3,(H,25,31). The van der Waals surface area contributed by atoms with E-state index >= 15 is 0 Å². The number of carbonyl (C=O) groups is 1. The molecule has 1 N–H and O–H groups in total. The van der Waals surface area contributed by atoms with E-state index in [1.807, 2.05) is 0 Å². The molecule has 0 radical (unpaired) electrons. The monoisotopic (exact) mass is 480 g/mol. The van der Waals surface area contributed by atoms with Gasteiger partial charge in [-0.15, -0.1) is 0 Å². The van der Waals surface area contributed by atoms with Crippen LogP contribution < -0.4 is 5.32 Å². The van der Waals surface area contributed by atoms with Gasteiger partial charge in [-0.2, -0.15) is 23.4 Å². The molecular weight excluding hydrogens is 469 g/mol. The zero-order valence-electron chi connectivity index (χ0n) is 16.5. The van der Waals surface area contributed by atoms with E-state index in [0.717, 1.165) is 10.7 Å². The Morgan fingerprint density at radius 3 is 2.15 bits per heavy atom. The Morgan fingerprint density at radius 2 is 1.67 bits per heavy atom. The molecule has 1 amide bonds. The average Bonchev–Trinajstić information content (AvgIpc) is 3.27. The lowest BCUT2D eigenvalue weighted by molar-refractivity contribution is -0.386. The van der Waals surface area contributed by atoms with Gasteiger partial charge in [-0.1, -0.05) is 0 Å². The van der Waals surface area contributed by atoms with E-state index in [9.17, 15) is 45.6 Å². The SMILES string of the molecule is Cc1nn(Cn2ccc(C(=O)Nc3c(F)c(F)c(C(F)(F)F)c(F)c3F)n2)c(C)c1[N+](=O)[O-]. The number of aryl methyl sites for hydroxylation is 1. The molecule has 2 heterocycles. The predicted molar refractivity (Wildman–Crippen MR) is 95.2 cm³/mol. The number of anilines is 1. The molecule has 0 saturated carbocycles. The van der Waals surface area contributed by atoms with E-state index in [2.05, 4.69) is 10.2 Å². The number of halogens is 7. The highest BCUT2D eigenvalue weighted by Gasteiger charge is 2.42. The lowest BCUT2D eigenvalue weighted by atomic mass is 10.1. The summed E-state index contributed by atoms with van der Waals surface area (Å²) in [4.78, 5) is 22.6. The zero-order chi connectivity index (χ0) is 24.8. The van der Waals surface area contributed by atoms with E-state index in [4.69, 9.17) is 0 Å².